The molecule has 0 saturated carbocycles. The third-order valence-electron chi connectivity index (χ3n) is 13.6. The second-order valence-corrected chi connectivity index (χ2v) is 22.5. The normalized spacial score (nSPS) is 18.7. The molecule has 29 heteroatoms. The molecule has 6 aliphatic heterocycles. The van der Waals surface area contributed by atoms with Crippen molar-refractivity contribution in [2.75, 3.05) is 30.3 Å². The summed E-state index contributed by atoms with van der Waals surface area (Å²) in [5, 5.41) is 20.8. The number of aliphatic carboxylic acids is 1. The average Bonchev–Trinajstić information content (AvgIpc) is 1.83. The van der Waals surface area contributed by atoms with E-state index in [1.165, 1.54) is 36.4 Å². The monoisotopic (exact) mass is 1220 g/mol. The van der Waals surface area contributed by atoms with Crippen LogP contribution in [-0.4, -0.2) is 163 Å². The Morgan fingerprint density at radius 3 is 1.23 bits per heavy atom. The molecule has 3 aromatic carbocycles. The number of carboxylic acids is 1. The second kappa shape index (κ2) is 28.5. The van der Waals surface area contributed by atoms with Crippen LogP contribution in [-0.2, 0) is 57.4 Å². The van der Waals surface area contributed by atoms with Crippen molar-refractivity contribution >= 4 is 106 Å². The third kappa shape index (κ3) is 16.3. The van der Waals surface area contributed by atoms with Crippen LogP contribution in [0.3, 0.4) is 0 Å². The quantitative estimate of drug-likeness (QED) is 0.0469. The van der Waals surface area contributed by atoms with E-state index in [4.69, 9.17) is 20.3 Å². The number of esters is 2. The summed E-state index contributed by atoms with van der Waals surface area (Å²) < 4.78 is 24.0. The summed E-state index contributed by atoms with van der Waals surface area (Å²) in [7, 11) is 0. The van der Waals surface area contributed by atoms with Gasteiger partial charge in [-0.05, 0) is 117 Å². The number of halogens is 1. The van der Waals surface area contributed by atoms with Crippen molar-refractivity contribution in [3.05, 3.63) is 93.8 Å². The third-order valence-corrected chi connectivity index (χ3v) is 13.6. The number of amides is 12. The van der Waals surface area contributed by atoms with Gasteiger partial charge in [0, 0.05) is 63.0 Å². The number of carbonyl (C=O) groups excluding carboxylic acids is 15. The van der Waals surface area contributed by atoms with E-state index < -0.39 is 112 Å². The van der Waals surface area contributed by atoms with Gasteiger partial charge in [0.2, 0.25) is 41.2 Å². The fourth-order valence-electron chi connectivity index (χ4n) is 9.70. The van der Waals surface area contributed by atoms with Gasteiger partial charge < -0.3 is 30.9 Å². The Bertz CT molecular complexity index is 3420. The molecule has 3 atom stereocenters. The van der Waals surface area contributed by atoms with Crippen LogP contribution in [0.2, 0.25) is 0 Å². The van der Waals surface area contributed by atoms with Crippen LogP contribution in [0.5, 0.6) is 0 Å². The summed E-state index contributed by atoms with van der Waals surface area (Å²) in [6, 6.07) is 9.94. The second-order valence-electron chi connectivity index (χ2n) is 22.5. The van der Waals surface area contributed by atoms with E-state index in [0.717, 1.165) is 20.8 Å². The van der Waals surface area contributed by atoms with Gasteiger partial charge in [0.25, 0.3) is 35.4 Å². The number of rotatable bonds is 16. The number of fused-ring (bicyclic) bond motifs is 3. The molecule has 468 valence electrons. The lowest BCUT2D eigenvalue weighted by molar-refractivity contribution is -0.156. The molecule has 3 unspecified atom stereocenters. The molecule has 0 aromatic heterocycles. The molecule has 12 amide bonds. The smallest absolute Gasteiger partial charge is 0.372 e. The Balaban J connectivity index is 0.000000197. The predicted molar refractivity (Wildman–Crippen MR) is 303 cm³/mol. The van der Waals surface area contributed by atoms with Crippen LogP contribution in [0.1, 0.15) is 174 Å². The molecular weight excluding hydrogens is 1160 g/mol. The Morgan fingerprint density at radius 2 is 0.875 bits per heavy atom. The number of ketones is 1. The zero-order valence-electron chi connectivity index (χ0n) is 48.9. The average molecular weight is 1220 g/mol. The zero-order valence-corrected chi connectivity index (χ0v) is 48.9. The van der Waals surface area contributed by atoms with E-state index in [0.29, 0.717) is 38.0 Å². The Hall–Kier alpha value is -9.93. The highest BCUT2D eigenvalue weighted by molar-refractivity contribution is 6.33. The predicted octanol–water partition coefficient (Wildman–Crippen LogP) is 2.46. The molecule has 0 radical (unpaired) electrons. The van der Waals surface area contributed by atoms with Crippen LogP contribution in [0, 0.1) is 5.82 Å². The van der Waals surface area contributed by atoms with E-state index in [9.17, 15) is 81.1 Å². The van der Waals surface area contributed by atoms with Gasteiger partial charge in [-0.2, -0.15) is 0 Å². The van der Waals surface area contributed by atoms with E-state index >= 15 is 0 Å². The Morgan fingerprint density at radius 1 is 0.523 bits per heavy atom. The zero-order chi connectivity index (χ0) is 65.1. The van der Waals surface area contributed by atoms with Crippen molar-refractivity contribution < 1.29 is 95.7 Å². The molecule has 8 N–H and O–H groups in total. The van der Waals surface area contributed by atoms with Crippen LogP contribution >= 0.6 is 0 Å². The maximum atomic E-state index is 13.7. The summed E-state index contributed by atoms with van der Waals surface area (Å²) >= 11 is 0. The molecule has 9 rings (SSSR count). The molecular formula is C59H66FN9O19. The lowest BCUT2D eigenvalue weighted by Crippen LogP contribution is -2.54. The molecule has 3 aromatic rings. The van der Waals surface area contributed by atoms with E-state index in [1.807, 2.05) is 20.8 Å². The number of piperidine rings is 3. The molecule has 6 aliphatic rings. The number of anilines is 2. The van der Waals surface area contributed by atoms with Crippen molar-refractivity contribution in [2.24, 2.45) is 5.73 Å². The van der Waals surface area contributed by atoms with Gasteiger partial charge in [-0.3, -0.25) is 103 Å². The Labute approximate surface area is 502 Å². The number of ether oxygens (including phenoxy) is 2. The van der Waals surface area contributed by atoms with Crippen molar-refractivity contribution in [3.8, 4) is 0 Å². The molecule has 3 saturated heterocycles. The van der Waals surface area contributed by atoms with Crippen LogP contribution in [0.15, 0.2) is 54.6 Å². The largest absolute Gasteiger partial charge is 0.476 e. The molecule has 0 aliphatic carbocycles. The summed E-state index contributed by atoms with van der Waals surface area (Å²) in [6.45, 7) is 11.9. The van der Waals surface area contributed by atoms with Crippen LogP contribution in [0.25, 0.3) is 0 Å². The highest BCUT2D eigenvalue weighted by Crippen LogP contribution is 2.35. The van der Waals surface area contributed by atoms with E-state index in [1.54, 1.807) is 32.9 Å². The first-order valence-corrected chi connectivity index (χ1v) is 27.9. The van der Waals surface area contributed by atoms with Crippen molar-refractivity contribution in [2.45, 2.75) is 141 Å². The minimum atomic E-state index is -1.55. The molecule has 28 nitrogen and oxygen atoms in total. The maximum absolute atomic E-state index is 13.7. The topological polar surface area (TPSA) is 408 Å². The first-order valence-electron chi connectivity index (χ1n) is 27.9. The molecule has 0 bridgehead atoms. The number of nitrogens with one attached hydrogen (secondary N) is 5. The molecule has 88 heavy (non-hydrogen) atoms. The summed E-state index contributed by atoms with van der Waals surface area (Å²) in [5.74, 6) is -11.2. The van der Waals surface area contributed by atoms with Crippen molar-refractivity contribution in [3.63, 3.8) is 0 Å². The molecule has 3 fully saturated rings. The van der Waals surface area contributed by atoms with Gasteiger partial charge >= 0.3 is 17.9 Å². The highest BCUT2D eigenvalue weighted by atomic mass is 19.1. The number of carboxylic acid groups (broad SMARTS) is 1. The van der Waals surface area contributed by atoms with E-state index in [-0.39, 0.29) is 115 Å². The number of Topliss-reactive ketones (excluding diaryl/α,β-unsaturated/α-hetero) is 1. The standard InChI is InChI=1S/C21H25N3O6.C17H15N3O7.C13H9FN2O4.C8H17NO2/c1-21(2,3)30-16(26)8-5-11-22-13-7-4-6-12-17(13)20(29)24(19(12)28)14-9-10-15(25)23-18(14)27;21-11(17(26)27)6-7-18-9-3-1-2-8-13(9)16(25)20(15(8)24)10-4-5-12(22)19-14(10)23;14-7-3-1-2-6-10(7)13(20)16(12(6)19)8-4-5-9(17)15-11(8)18;1-8(2,3)11-7(10)5-4-6-9/h4,6-7,14,22H,5,8-11H2,1-3H3,(H,23,25,27);1-3,10,18H,4-7H2,(H,26,27)(H,19,22,23);1-3,8H,4-5H2,(H,15,17,18);4-6,9H2,1-3H3. The van der Waals surface area contributed by atoms with Gasteiger partial charge in [-0.15, -0.1) is 0 Å². The number of carbonyl (C=O) groups is 16. The maximum Gasteiger partial charge on any atom is 0.372 e. The fraction of sp³-hybridized carbons (Fsp3) is 0.424. The number of hydrogen-bond acceptors (Lipinski definition) is 21. The van der Waals surface area contributed by atoms with Crippen molar-refractivity contribution in [1.82, 2.24) is 30.7 Å². The number of hydrogen-bond donors (Lipinski definition) is 7. The Kier molecular flexibility index (Phi) is 21.8. The van der Waals surface area contributed by atoms with Gasteiger partial charge in [-0.1, -0.05) is 18.2 Å². The van der Waals surface area contributed by atoms with Gasteiger partial charge in [0.15, 0.2) is 0 Å². The van der Waals surface area contributed by atoms with Crippen LogP contribution in [0.4, 0.5) is 15.8 Å². The minimum absolute atomic E-state index is 0.0201. The number of benzene rings is 3. The summed E-state index contributed by atoms with van der Waals surface area (Å²) in [4.78, 5) is 192. The summed E-state index contributed by atoms with van der Waals surface area (Å²) in [5.41, 5.74) is 5.23. The van der Waals surface area contributed by atoms with Crippen LogP contribution < -0.4 is 32.3 Å². The first kappa shape index (κ1) is 67.2. The summed E-state index contributed by atoms with van der Waals surface area (Å²) in [6.07, 6.45) is 1.86. The number of nitrogens with zero attached hydrogens (tertiary/aromatic N) is 3. The SMILES string of the molecule is CC(C)(C)OC(=O)CCCN.CC(C)(C)OC(=O)CCCNc1cccc2c1C(=O)N(C1CCC(=O)NC1=O)C2=O.O=C1CCC(N2C(=O)c3cccc(F)c3C2=O)C(=O)N1.O=C1CCC(N2C(=O)c3cccc(NCCC(=O)C(=O)O)c3C2=O)C(=O)N1. The van der Waals surface area contributed by atoms with Gasteiger partial charge in [-0.25, -0.2) is 9.18 Å². The first-order chi connectivity index (χ1) is 41.3. The van der Waals surface area contributed by atoms with E-state index in [2.05, 4.69) is 26.6 Å². The van der Waals surface area contributed by atoms with Crippen molar-refractivity contribution in [1.29, 1.82) is 0 Å². The molecule has 6 heterocycles. The lowest BCUT2D eigenvalue weighted by Gasteiger charge is -2.27. The fourth-order valence-corrected chi connectivity index (χ4v) is 9.70. The molecule has 0 spiro atoms. The lowest BCUT2D eigenvalue weighted by atomic mass is 10.0. The minimum Gasteiger partial charge on any atom is -0.476 e. The number of imide groups is 6. The van der Waals surface area contributed by atoms with Gasteiger partial charge in [0.1, 0.15) is 35.1 Å². The highest BCUT2D eigenvalue weighted by Gasteiger charge is 2.48. The number of nitrogens with two attached hydrogens (primary N) is 1. The van der Waals surface area contributed by atoms with Gasteiger partial charge in [0.05, 0.1) is 33.4 Å².